The van der Waals surface area contributed by atoms with Gasteiger partial charge in [-0.1, -0.05) is 57.0 Å². The molecule has 148 valence electrons. The van der Waals surface area contributed by atoms with Crippen LogP contribution in [0.1, 0.15) is 46.5 Å². The molecule has 0 aliphatic rings. The van der Waals surface area contributed by atoms with Gasteiger partial charge in [0.15, 0.2) is 11.0 Å². The van der Waals surface area contributed by atoms with E-state index in [0.717, 1.165) is 35.9 Å². The lowest BCUT2D eigenvalue weighted by Crippen LogP contribution is -2.25. The average molecular weight is 409 g/mol. The number of hydrogen-bond acceptors (Lipinski definition) is 4. The molecule has 0 saturated heterocycles. The smallest absolute Gasteiger partial charge is 0.230 e. The van der Waals surface area contributed by atoms with Gasteiger partial charge < -0.3 is 9.88 Å². The number of benzene rings is 1. The summed E-state index contributed by atoms with van der Waals surface area (Å²) in [5, 5.41) is 13.2. The fourth-order valence-electron chi connectivity index (χ4n) is 2.77. The van der Waals surface area contributed by atoms with Crippen molar-refractivity contribution in [3.05, 3.63) is 29.3 Å². The van der Waals surface area contributed by atoms with E-state index in [0.29, 0.717) is 23.2 Å². The SMILES string of the molecule is CCCC[C@H](C)Cn1c(SCC(=O)NCCC)nnc1-c1ccc(Cl)cc1. The molecule has 0 saturated carbocycles. The molecule has 1 heterocycles. The van der Waals surface area contributed by atoms with E-state index in [1.54, 1.807) is 0 Å². The minimum Gasteiger partial charge on any atom is -0.355 e. The number of rotatable bonds is 11. The van der Waals surface area contributed by atoms with E-state index >= 15 is 0 Å². The zero-order chi connectivity index (χ0) is 19.6. The molecule has 27 heavy (non-hydrogen) atoms. The maximum atomic E-state index is 12.0. The summed E-state index contributed by atoms with van der Waals surface area (Å²) < 4.78 is 2.14. The van der Waals surface area contributed by atoms with E-state index in [1.165, 1.54) is 24.6 Å². The van der Waals surface area contributed by atoms with Gasteiger partial charge in [-0.2, -0.15) is 0 Å². The standard InChI is InChI=1S/C20H29ClN4OS/c1-4-6-7-15(3)13-25-19(16-8-10-17(21)11-9-16)23-24-20(25)27-14-18(26)22-12-5-2/h8-11,15H,4-7,12-14H2,1-3H3,(H,22,26)/t15-/m0/s1. The Balaban J connectivity index is 2.19. The number of carbonyl (C=O) groups excluding carboxylic acids is 1. The van der Waals surface area contributed by atoms with E-state index < -0.39 is 0 Å². The van der Waals surface area contributed by atoms with Crippen molar-refractivity contribution < 1.29 is 4.79 Å². The third-order valence-electron chi connectivity index (χ3n) is 4.27. The van der Waals surface area contributed by atoms with Crippen LogP contribution in [0, 0.1) is 5.92 Å². The Bertz CT molecular complexity index is 717. The number of nitrogens with zero attached hydrogens (tertiary/aromatic N) is 3. The Labute approximate surface area is 171 Å². The quantitative estimate of drug-likeness (QED) is 0.529. The summed E-state index contributed by atoms with van der Waals surface area (Å²) >= 11 is 7.46. The third-order valence-corrected chi connectivity index (χ3v) is 5.49. The monoisotopic (exact) mass is 408 g/mol. The second-order valence-corrected chi connectivity index (χ2v) is 8.19. The van der Waals surface area contributed by atoms with Crippen LogP contribution in [0.5, 0.6) is 0 Å². The molecule has 0 unspecified atom stereocenters. The number of nitrogens with one attached hydrogen (secondary N) is 1. The fourth-order valence-corrected chi connectivity index (χ4v) is 3.68. The van der Waals surface area contributed by atoms with Gasteiger partial charge >= 0.3 is 0 Å². The minimum atomic E-state index is 0.0310. The second kappa shape index (κ2) is 11.3. The zero-order valence-electron chi connectivity index (χ0n) is 16.4. The van der Waals surface area contributed by atoms with Crippen molar-refractivity contribution in [2.45, 2.75) is 58.2 Å². The fraction of sp³-hybridized carbons (Fsp3) is 0.550. The molecule has 2 aromatic rings. The molecule has 1 N–H and O–H groups in total. The first-order valence-electron chi connectivity index (χ1n) is 9.63. The normalized spacial score (nSPS) is 12.1. The van der Waals surface area contributed by atoms with Crippen LogP contribution in [-0.2, 0) is 11.3 Å². The zero-order valence-corrected chi connectivity index (χ0v) is 17.9. The van der Waals surface area contributed by atoms with Gasteiger partial charge in [0, 0.05) is 23.7 Å². The molecule has 2 rings (SSSR count). The van der Waals surface area contributed by atoms with Crippen LogP contribution >= 0.6 is 23.4 Å². The molecule has 0 fully saturated rings. The van der Waals surface area contributed by atoms with Gasteiger partial charge in [-0.25, -0.2) is 0 Å². The van der Waals surface area contributed by atoms with E-state index in [-0.39, 0.29) is 5.91 Å². The highest BCUT2D eigenvalue weighted by molar-refractivity contribution is 7.99. The van der Waals surface area contributed by atoms with Gasteiger partial charge in [-0.3, -0.25) is 4.79 Å². The van der Waals surface area contributed by atoms with Crippen molar-refractivity contribution in [3.63, 3.8) is 0 Å². The number of aromatic nitrogens is 3. The molecule has 7 heteroatoms. The number of hydrogen-bond donors (Lipinski definition) is 1. The van der Waals surface area contributed by atoms with Crippen molar-refractivity contribution in [2.75, 3.05) is 12.3 Å². The van der Waals surface area contributed by atoms with Gasteiger partial charge in [0.05, 0.1) is 5.75 Å². The van der Waals surface area contributed by atoms with E-state index in [1.807, 2.05) is 31.2 Å². The number of carbonyl (C=O) groups is 1. The van der Waals surface area contributed by atoms with E-state index in [2.05, 4.69) is 33.9 Å². The summed E-state index contributed by atoms with van der Waals surface area (Å²) in [6.45, 7) is 8.05. The molecule has 0 aliphatic carbocycles. The summed E-state index contributed by atoms with van der Waals surface area (Å²) in [4.78, 5) is 12.0. The topological polar surface area (TPSA) is 59.8 Å². The van der Waals surface area contributed by atoms with Crippen molar-refractivity contribution in [3.8, 4) is 11.4 Å². The predicted octanol–water partition coefficient (Wildman–Crippen LogP) is 5.04. The van der Waals surface area contributed by atoms with Crippen LogP contribution in [-0.4, -0.2) is 33.0 Å². The van der Waals surface area contributed by atoms with Crippen LogP contribution in [0.25, 0.3) is 11.4 Å². The first-order chi connectivity index (χ1) is 13.0. The van der Waals surface area contributed by atoms with Crippen LogP contribution in [0.15, 0.2) is 29.4 Å². The van der Waals surface area contributed by atoms with Crippen molar-refractivity contribution in [1.82, 2.24) is 20.1 Å². The van der Waals surface area contributed by atoms with Gasteiger partial charge in [-0.05, 0) is 43.0 Å². The van der Waals surface area contributed by atoms with Gasteiger partial charge in [-0.15, -0.1) is 10.2 Å². The van der Waals surface area contributed by atoms with Crippen LogP contribution < -0.4 is 5.32 Å². The number of amides is 1. The number of unbranched alkanes of at least 4 members (excludes halogenated alkanes) is 1. The van der Waals surface area contributed by atoms with Gasteiger partial charge in [0.1, 0.15) is 0 Å². The first-order valence-corrected chi connectivity index (χ1v) is 11.0. The summed E-state index contributed by atoms with van der Waals surface area (Å²) in [6, 6.07) is 7.65. The molecule has 0 aliphatic heterocycles. The minimum absolute atomic E-state index is 0.0310. The lowest BCUT2D eigenvalue weighted by Gasteiger charge is -2.15. The molecule has 5 nitrogen and oxygen atoms in total. The summed E-state index contributed by atoms with van der Waals surface area (Å²) in [6.07, 6.45) is 4.50. The van der Waals surface area contributed by atoms with E-state index in [9.17, 15) is 4.79 Å². The Morgan fingerprint density at radius 3 is 2.63 bits per heavy atom. The van der Waals surface area contributed by atoms with E-state index in [4.69, 9.17) is 11.6 Å². The predicted molar refractivity (Wildman–Crippen MR) is 113 cm³/mol. The lowest BCUT2D eigenvalue weighted by molar-refractivity contribution is -0.118. The molecule has 0 bridgehead atoms. The maximum Gasteiger partial charge on any atom is 0.230 e. The van der Waals surface area contributed by atoms with Crippen LogP contribution in [0.3, 0.4) is 0 Å². The molecule has 0 spiro atoms. The molecule has 0 radical (unpaired) electrons. The Hall–Kier alpha value is -1.53. The highest BCUT2D eigenvalue weighted by Crippen LogP contribution is 2.27. The highest BCUT2D eigenvalue weighted by Gasteiger charge is 2.17. The molecular weight excluding hydrogens is 380 g/mol. The second-order valence-electron chi connectivity index (χ2n) is 6.81. The summed E-state index contributed by atoms with van der Waals surface area (Å²) in [5.74, 6) is 1.72. The molecule has 1 amide bonds. The lowest BCUT2D eigenvalue weighted by atomic mass is 10.0. The Morgan fingerprint density at radius 2 is 1.96 bits per heavy atom. The number of halogens is 1. The van der Waals surface area contributed by atoms with Crippen LogP contribution in [0.2, 0.25) is 5.02 Å². The van der Waals surface area contributed by atoms with Crippen molar-refractivity contribution in [1.29, 1.82) is 0 Å². The average Bonchev–Trinajstić information content (AvgIpc) is 3.06. The Kier molecular flexibility index (Phi) is 9.15. The van der Waals surface area contributed by atoms with Gasteiger partial charge in [0.25, 0.3) is 0 Å². The summed E-state index contributed by atoms with van der Waals surface area (Å²) in [7, 11) is 0. The molecule has 1 atom stereocenters. The molecule has 1 aromatic heterocycles. The highest BCUT2D eigenvalue weighted by atomic mass is 35.5. The van der Waals surface area contributed by atoms with Crippen molar-refractivity contribution in [2.24, 2.45) is 5.92 Å². The maximum absolute atomic E-state index is 12.0. The first kappa shape index (κ1) is 21.8. The van der Waals surface area contributed by atoms with Gasteiger partial charge in [0.2, 0.25) is 5.91 Å². The molecular formula is C20H29ClN4OS. The summed E-state index contributed by atoms with van der Waals surface area (Å²) in [5.41, 5.74) is 0.983. The van der Waals surface area contributed by atoms with Crippen molar-refractivity contribution >= 4 is 29.3 Å². The molecule has 1 aromatic carbocycles. The third kappa shape index (κ3) is 6.85. The largest absolute Gasteiger partial charge is 0.355 e. The number of thioether (sulfide) groups is 1. The Morgan fingerprint density at radius 1 is 1.22 bits per heavy atom. The van der Waals surface area contributed by atoms with Crippen LogP contribution in [0.4, 0.5) is 0 Å².